The Morgan fingerprint density at radius 3 is 2.88 bits per heavy atom. The number of β-amino-alcohol motifs (C(OH)–C–C–N with tert-alkyl or cyclic N) is 1. The van der Waals surface area contributed by atoms with E-state index in [4.69, 9.17) is 5.26 Å². The third-order valence-electron chi connectivity index (χ3n) is 3.98. The van der Waals surface area contributed by atoms with Gasteiger partial charge in [-0.1, -0.05) is 0 Å². The van der Waals surface area contributed by atoms with Crippen molar-refractivity contribution in [3.05, 3.63) is 65.0 Å². The number of hydrogen-bond acceptors (Lipinski definition) is 4. The molecule has 2 heterocycles. The normalized spacial score (nSPS) is 20.0. The van der Waals surface area contributed by atoms with E-state index in [9.17, 15) is 18.7 Å². The lowest BCUT2D eigenvalue weighted by atomic mass is 10.0. The summed E-state index contributed by atoms with van der Waals surface area (Å²) in [5.41, 5.74) is 0.306. The molecule has 0 spiro atoms. The summed E-state index contributed by atoms with van der Waals surface area (Å²) in [5.74, 6) is -1.73. The number of aliphatic hydroxyl groups excluding tert-OH is 1. The molecule has 2 atom stereocenters. The smallest absolute Gasteiger partial charge is 0.254 e. The molecule has 0 saturated carbocycles. The molecule has 122 valence electrons. The van der Waals surface area contributed by atoms with Gasteiger partial charge in [0.25, 0.3) is 5.91 Å². The molecule has 0 unspecified atom stereocenters. The van der Waals surface area contributed by atoms with Gasteiger partial charge in [-0.25, -0.2) is 13.8 Å². The SMILES string of the molecule is N#Cc1cc(C(=O)N2C[C@H](O)C[C@H]2c2cc(F)ccc2F)ccn1. The average molecular weight is 329 g/mol. The number of carbonyl (C=O) groups excluding carboxylic acids is 1. The summed E-state index contributed by atoms with van der Waals surface area (Å²) in [7, 11) is 0. The number of amides is 1. The fourth-order valence-corrected chi connectivity index (χ4v) is 2.89. The number of likely N-dealkylation sites (tertiary alicyclic amines) is 1. The first-order valence-corrected chi connectivity index (χ1v) is 7.29. The number of hydrogen-bond donors (Lipinski definition) is 1. The number of aromatic nitrogens is 1. The highest BCUT2D eigenvalue weighted by atomic mass is 19.1. The maximum atomic E-state index is 14.1. The van der Waals surface area contributed by atoms with E-state index >= 15 is 0 Å². The molecule has 3 rings (SSSR count). The molecule has 1 N–H and O–H groups in total. The molecule has 1 aliphatic rings. The minimum atomic E-state index is -0.834. The lowest BCUT2D eigenvalue weighted by Gasteiger charge is -2.25. The molecule has 0 radical (unpaired) electrons. The topological polar surface area (TPSA) is 77.2 Å². The van der Waals surface area contributed by atoms with Crippen LogP contribution in [0.4, 0.5) is 8.78 Å². The lowest BCUT2D eigenvalue weighted by Crippen LogP contribution is -2.32. The zero-order valence-electron chi connectivity index (χ0n) is 12.5. The maximum absolute atomic E-state index is 14.1. The van der Waals surface area contributed by atoms with E-state index in [0.717, 1.165) is 18.2 Å². The van der Waals surface area contributed by atoms with Crippen LogP contribution in [0.25, 0.3) is 0 Å². The van der Waals surface area contributed by atoms with Gasteiger partial charge in [0.15, 0.2) is 0 Å². The number of pyridine rings is 1. The molecule has 1 saturated heterocycles. The summed E-state index contributed by atoms with van der Waals surface area (Å²) in [4.78, 5) is 17.8. The zero-order valence-corrected chi connectivity index (χ0v) is 12.5. The molecule has 7 heteroatoms. The molecule has 1 aliphatic heterocycles. The van der Waals surface area contributed by atoms with Gasteiger partial charge in [-0.2, -0.15) is 5.26 Å². The first kappa shape index (κ1) is 16.0. The number of aliphatic hydroxyl groups is 1. The largest absolute Gasteiger partial charge is 0.391 e. The molecule has 0 bridgehead atoms. The van der Waals surface area contributed by atoms with E-state index in [0.29, 0.717) is 0 Å². The summed E-state index contributed by atoms with van der Waals surface area (Å²) in [6.07, 6.45) is 0.608. The number of nitriles is 1. The van der Waals surface area contributed by atoms with Crippen molar-refractivity contribution < 1.29 is 18.7 Å². The molecule has 2 aromatic rings. The van der Waals surface area contributed by atoms with Gasteiger partial charge in [0.2, 0.25) is 0 Å². The highest BCUT2D eigenvalue weighted by Gasteiger charge is 2.37. The van der Waals surface area contributed by atoms with Crippen LogP contribution < -0.4 is 0 Å². The Hall–Kier alpha value is -2.85. The van der Waals surface area contributed by atoms with Gasteiger partial charge in [-0.05, 0) is 36.8 Å². The first-order valence-electron chi connectivity index (χ1n) is 7.29. The van der Waals surface area contributed by atoms with Crippen molar-refractivity contribution in [2.24, 2.45) is 0 Å². The Balaban J connectivity index is 1.97. The number of carbonyl (C=O) groups is 1. The summed E-state index contributed by atoms with van der Waals surface area (Å²) in [6, 6.07) is 6.86. The second kappa shape index (κ2) is 6.34. The van der Waals surface area contributed by atoms with Crippen LogP contribution in [0, 0.1) is 23.0 Å². The zero-order chi connectivity index (χ0) is 17.3. The average Bonchev–Trinajstić information content (AvgIpc) is 2.98. The highest BCUT2D eigenvalue weighted by Crippen LogP contribution is 2.35. The van der Waals surface area contributed by atoms with E-state index < -0.39 is 29.7 Å². The molecule has 5 nitrogen and oxygen atoms in total. The van der Waals surface area contributed by atoms with Crippen LogP contribution in [0.5, 0.6) is 0 Å². The molecule has 1 amide bonds. The summed E-state index contributed by atoms with van der Waals surface area (Å²) < 4.78 is 27.5. The number of nitrogens with zero attached hydrogens (tertiary/aromatic N) is 3. The van der Waals surface area contributed by atoms with Gasteiger partial charge < -0.3 is 10.0 Å². The third kappa shape index (κ3) is 2.96. The summed E-state index contributed by atoms with van der Waals surface area (Å²) in [5, 5.41) is 18.8. The van der Waals surface area contributed by atoms with E-state index in [2.05, 4.69) is 4.98 Å². The molecule has 0 aliphatic carbocycles. The number of rotatable bonds is 2. The van der Waals surface area contributed by atoms with E-state index in [1.807, 2.05) is 6.07 Å². The van der Waals surface area contributed by atoms with E-state index in [1.54, 1.807) is 0 Å². The molecule has 1 aromatic heterocycles. The highest BCUT2D eigenvalue weighted by molar-refractivity contribution is 5.95. The van der Waals surface area contributed by atoms with Crippen molar-refractivity contribution >= 4 is 5.91 Å². The van der Waals surface area contributed by atoms with Crippen LogP contribution in [-0.2, 0) is 0 Å². The van der Waals surface area contributed by atoms with Gasteiger partial charge >= 0.3 is 0 Å². The van der Waals surface area contributed by atoms with Crippen molar-refractivity contribution in [1.82, 2.24) is 9.88 Å². The van der Waals surface area contributed by atoms with Crippen molar-refractivity contribution in [2.45, 2.75) is 18.6 Å². The van der Waals surface area contributed by atoms with Crippen LogP contribution in [0.1, 0.15) is 34.1 Å². The van der Waals surface area contributed by atoms with Gasteiger partial charge in [-0.15, -0.1) is 0 Å². The molecule has 24 heavy (non-hydrogen) atoms. The minimum Gasteiger partial charge on any atom is -0.391 e. The van der Waals surface area contributed by atoms with Crippen LogP contribution in [0.3, 0.4) is 0 Å². The molecule has 1 fully saturated rings. The van der Waals surface area contributed by atoms with Crippen LogP contribution in [-0.4, -0.2) is 33.5 Å². The second-order valence-electron chi connectivity index (χ2n) is 5.57. The fourth-order valence-electron chi connectivity index (χ4n) is 2.89. The third-order valence-corrected chi connectivity index (χ3v) is 3.98. The fraction of sp³-hybridized carbons (Fsp3) is 0.235. The van der Waals surface area contributed by atoms with Gasteiger partial charge in [-0.3, -0.25) is 4.79 Å². The number of halogens is 2. The van der Waals surface area contributed by atoms with Crippen molar-refractivity contribution in [2.75, 3.05) is 6.54 Å². The van der Waals surface area contributed by atoms with Crippen molar-refractivity contribution in [1.29, 1.82) is 5.26 Å². The van der Waals surface area contributed by atoms with Crippen LogP contribution in [0.15, 0.2) is 36.5 Å². The van der Waals surface area contributed by atoms with Gasteiger partial charge in [0.05, 0.1) is 12.1 Å². The number of benzene rings is 1. The van der Waals surface area contributed by atoms with E-state index in [-0.39, 0.29) is 29.8 Å². The Morgan fingerprint density at radius 1 is 1.33 bits per heavy atom. The Bertz CT molecular complexity index is 835. The molecular formula is C17H13F2N3O2. The minimum absolute atomic E-state index is 0.00363. The standard InChI is InChI=1S/C17H13F2N3O2/c18-11-1-2-15(19)14(6-11)16-7-13(23)9-22(16)17(24)10-3-4-21-12(5-10)8-20/h1-6,13,16,23H,7,9H2/t13-,16+/m1/s1. The van der Waals surface area contributed by atoms with Gasteiger partial charge in [0.1, 0.15) is 23.4 Å². The quantitative estimate of drug-likeness (QED) is 0.916. The van der Waals surface area contributed by atoms with Crippen molar-refractivity contribution in [3.8, 4) is 6.07 Å². The van der Waals surface area contributed by atoms with Gasteiger partial charge in [0, 0.05) is 23.9 Å². The monoisotopic (exact) mass is 329 g/mol. The second-order valence-corrected chi connectivity index (χ2v) is 5.57. The van der Waals surface area contributed by atoms with Crippen molar-refractivity contribution in [3.63, 3.8) is 0 Å². The first-order chi connectivity index (χ1) is 11.5. The summed E-state index contributed by atoms with van der Waals surface area (Å²) >= 11 is 0. The summed E-state index contributed by atoms with van der Waals surface area (Å²) in [6.45, 7) is 0.00363. The van der Waals surface area contributed by atoms with Crippen LogP contribution in [0.2, 0.25) is 0 Å². The van der Waals surface area contributed by atoms with E-state index in [1.165, 1.54) is 23.2 Å². The Morgan fingerprint density at radius 2 is 2.12 bits per heavy atom. The predicted octanol–water partition coefficient (Wildman–Crippen LogP) is 2.18. The Kier molecular flexibility index (Phi) is 4.23. The lowest BCUT2D eigenvalue weighted by molar-refractivity contribution is 0.0713. The Labute approximate surface area is 136 Å². The molecule has 1 aromatic carbocycles. The maximum Gasteiger partial charge on any atom is 0.254 e. The predicted molar refractivity (Wildman–Crippen MR) is 79.7 cm³/mol. The van der Waals surface area contributed by atoms with Crippen LogP contribution >= 0.6 is 0 Å². The molecular weight excluding hydrogens is 316 g/mol.